The summed E-state index contributed by atoms with van der Waals surface area (Å²) in [4.78, 5) is 18.5. The fraction of sp³-hybridized carbons (Fsp3) is 0.429. The zero-order valence-electron chi connectivity index (χ0n) is 12.3. The van der Waals surface area contributed by atoms with Gasteiger partial charge in [-0.1, -0.05) is 6.07 Å². The number of hydrogen-bond acceptors (Lipinski definition) is 4. The van der Waals surface area contributed by atoms with E-state index in [2.05, 4.69) is 4.98 Å². The van der Waals surface area contributed by atoms with E-state index in [-0.39, 0.29) is 17.6 Å². The highest BCUT2D eigenvalue weighted by Gasteiger charge is 2.30. The van der Waals surface area contributed by atoms with Crippen molar-refractivity contribution in [1.29, 1.82) is 0 Å². The predicted octanol–water partition coefficient (Wildman–Crippen LogP) is 0.393. The van der Waals surface area contributed by atoms with Gasteiger partial charge < -0.3 is 9.30 Å². The van der Waals surface area contributed by atoms with Crippen LogP contribution in [0.5, 0.6) is 0 Å². The zero-order valence-corrected chi connectivity index (χ0v) is 13.1. The first-order valence-electron chi connectivity index (χ1n) is 7.07. The molecule has 2 aromatic rings. The van der Waals surface area contributed by atoms with E-state index in [0.717, 1.165) is 11.2 Å². The molecule has 118 valence electrons. The maximum absolute atomic E-state index is 12.5. The van der Waals surface area contributed by atoms with Crippen LogP contribution in [0, 0.1) is 12.8 Å². The average molecular weight is 322 g/mol. The van der Waals surface area contributed by atoms with Crippen LogP contribution in [0.4, 0.5) is 0 Å². The third kappa shape index (κ3) is 2.97. The summed E-state index contributed by atoms with van der Waals surface area (Å²) in [6, 6.07) is 3.84. The Labute approximate surface area is 128 Å². The summed E-state index contributed by atoms with van der Waals surface area (Å²) >= 11 is 0. The molecule has 2 N–H and O–H groups in total. The van der Waals surface area contributed by atoms with Crippen molar-refractivity contribution in [3.63, 3.8) is 0 Å². The van der Waals surface area contributed by atoms with E-state index >= 15 is 0 Å². The third-order valence-electron chi connectivity index (χ3n) is 3.94. The van der Waals surface area contributed by atoms with Gasteiger partial charge in [0, 0.05) is 25.5 Å². The number of carbonyl (C=O) groups excluding carboxylic acids is 1. The van der Waals surface area contributed by atoms with Crippen LogP contribution in [0.3, 0.4) is 0 Å². The molecule has 0 radical (unpaired) electrons. The van der Waals surface area contributed by atoms with Gasteiger partial charge in [0.2, 0.25) is 10.0 Å². The van der Waals surface area contributed by atoms with Gasteiger partial charge in [-0.25, -0.2) is 18.5 Å². The fourth-order valence-corrected chi connectivity index (χ4v) is 3.83. The summed E-state index contributed by atoms with van der Waals surface area (Å²) in [5.41, 5.74) is 2.13. The quantitative estimate of drug-likeness (QED) is 0.884. The lowest BCUT2D eigenvalue weighted by molar-refractivity contribution is 0.0783. The van der Waals surface area contributed by atoms with Gasteiger partial charge >= 0.3 is 0 Å². The molecule has 1 saturated heterocycles. The minimum atomic E-state index is -3.51. The molecule has 3 heterocycles. The van der Waals surface area contributed by atoms with Crippen LogP contribution in [0.2, 0.25) is 0 Å². The number of fused-ring (bicyclic) bond motifs is 1. The lowest BCUT2D eigenvalue weighted by Crippen LogP contribution is -2.31. The number of sulfonamides is 1. The van der Waals surface area contributed by atoms with Crippen molar-refractivity contribution in [2.45, 2.75) is 13.3 Å². The molecule has 22 heavy (non-hydrogen) atoms. The van der Waals surface area contributed by atoms with E-state index < -0.39 is 10.0 Å². The monoisotopic (exact) mass is 322 g/mol. The Morgan fingerprint density at radius 3 is 2.95 bits per heavy atom. The molecule has 1 amide bonds. The second-order valence-corrected chi connectivity index (χ2v) is 7.44. The normalized spacial score (nSPS) is 19.0. The lowest BCUT2D eigenvalue weighted by Gasteiger charge is -2.14. The molecule has 3 rings (SSSR count). The predicted molar refractivity (Wildman–Crippen MR) is 81.9 cm³/mol. The summed E-state index contributed by atoms with van der Waals surface area (Å²) in [6.45, 7) is 2.88. The number of hydrogen-bond donors (Lipinski definition) is 1. The van der Waals surface area contributed by atoms with Gasteiger partial charge in [0.1, 0.15) is 11.3 Å². The molecule has 1 aliphatic rings. The van der Waals surface area contributed by atoms with Gasteiger partial charge in [-0.3, -0.25) is 4.79 Å². The van der Waals surface area contributed by atoms with Crippen LogP contribution >= 0.6 is 0 Å². The summed E-state index contributed by atoms with van der Waals surface area (Å²) < 4.78 is 24.1. The van der Waals surface area contributed by atoms with E-state index in [1.165, 1.54) is 0 Å². The standard InChI is InChI=1S/C14H18N4O3S/c1-10-3-2-5-17-8-12(16-13(10)17)14(19)18-6-4-11(7-18)9-22(15,20)21/h2-3,5,8,11H,4,6-7,9H2,1H3,(H2,15,20,21). The molecule has 7 nitrogen and oxygen atoms in total. The second kappa shape index (κ2) is 5.36. The minimum absolute atomic E-state index is 0.0823. The number of rotatable bonds is 3. The molecule has 1 atom stereocenters. The van der Waals surface area contributed by atoms with Crippen molar-refractivity contribution in [1.82, 2.24) is 14.3 Å². The van der Waals surface area contributed by atoms with E-state index in [0.29, 0.717) is 25.2 Å². The van der Waals surface area contributed by atoms with Crippen LogP contribution in [-0.4, -0.2) is 47.5 Å². The molecule has 0 spiro atoms. The molecule has 0 bridgehead atoms. The van der Waals surface area contributed by atoms with Gasteiger partial charge in [-0.05, 0) is 30.9 Å². The smallest absolute Gasteiger partial charge is 0.274 e. The van der Waals surface area contributed by atoms with Crippen molar-refractivity contribution in [2.24, 2.45) is 11.1 Å². The van der Waals surface area contributed by atoms with Crippen molar-refractivity contribution in [3.05, 3.63) is 35.8 Å². The number of nitrogens with two attached hydrogens (primary N) is 1. The Morgan fingerprint density at radius 1 is 1.50 bits per heavy atom. The number of nitrogens with zero attached hydrogens (tertiary/aromatic N) is 3. The highest BCUT2D eigenvalue weighted by atomic mass is 32.2. The van der Waals surface area contributed by atoms with Gasteiger partial charge in [0.15, 0.2) is 0 Å². The Hall–Kier alpha value is -1.93. The number of amides is 1. The Bertz CT molecular complexity index is 828. The summed E-state index contributed by atoms with van der Waals surface area (Å²) in [7, 11) is -3.51. The third-order valence-corrected chi connectivity index (χ3v) is 4.87. The summed E-state index contributed by atoms with van der Waals surface area (Å²) in [5.74, 6) is -0.348. The molecular weight excluding hydrogens is 304 g/mol. The van der Waals surface area contributed by atoms with Gasteiger partial charge in [0.25, 0.3) is 5.91 Å². The van der Waals surface area contributed by atoms with Gasteiger partial charge in [-0.2, -0.15) is 0 Å². The number of aryl methyl sites for hydroxylation is 1. The maximum atomic E-state index is 12.5. The van der Waals surface area contributed by atoms with Gasteiger partial charge in [0.05, 0.1) is 5.75 Å². The largest absolute Gasteiger partial charge is 0.337 e. The molecule has 8 heteroatoms. The first kappa shape index (κ1) is 15.0. The molecule has 0 aromatic carbocycles. The number of pyridine rings is 1. The number of carbonyl (C=O) groups is 1. The fourth-order valence-electron chi connectivity index (χ4n) is 2.90. The molecule has 1 fully saturated rings. The van der Waals surface area contributed by atoms with Crippen LogP contribution in [0.15, 0.2) is 24.5 Å². The summed E-state index contributed by atoms with van der Waals surface area (Å²) in [5, 5.41) is 5.07. The Kier molecular flexibility index (Phi) is 3.65. The van der Waals surface area contributed by atoms with Crippen LogP contribution in [-0.2, 0) is 10.0 Å². The Morgan fingerprint density at radius 2 is 2.27 bits per heavy atom. The van der Waals surface area contributed by atoms with Gasteiger partial charge in [-0.15, -0.1) is 0 Å². The van der Waals surface area contributed by atoms with Crippen LogP contribution < -0.4 is 5.14 Å². The van der Waals surface area contributed by atoms with E-state index in [9.17, 15) is 13.2 Å². The molecular formula is C14H18N4O3S. The molecule has 1 unspecified atom stereocenters. The van der Waals surface area contributed by atoms with Crippen LogP contribution in [0.1, 0.15) is 22.5 Å². The number of likely N-dealkylation sites (tertiary alicyclic amines) is 1. The number of aromatic nitrogens is 2. The topological polar surface area (TPSA) is 97.8 Å². The highest BCUT2D eigenvalue weighted by molar-refractivity contribution is 7.89. The lowest BCUT2D eigenvalue weighted by atomic mass is 10.2. The van der Waals surface area contributed by atoms with Crippen molar-refractivity contribution >= 4 is 21.6 Å². The van der Waals surface area contributed by atoms with Crippen molar-refractivity contribution in [2.75, 3.05) is 18.8 Å². The molecule has 0 aliphatic carbocycles. The minimum Gasteiger partial charge on any atom is -0.337 e. The average Bonchev–Trinajstić information content (AvgIpc) is 3.03. The number of imidazole rings is 1. The van der Waals surface area contributed by atoms with E-state index in [4.69, 9.17) is 5.14 Å². The SMILES string of the molecule is Cc1cccn2cc(C(=O)N3CCC(CS(N)(=O)=O)C3)nc12. The van der Waals surface area contributed by atoms with E-state index in [1.807, 2.05) is 29.7 Å². The molecule has 1 aliphatic heterocycles. The van der Waals surface area contributed by atoms with Crippen molar-refractivity contribution in [3.8, 4) is 0 Å². The zero-order chi connectivity index (χ0) is 15.9. The number of primary sulfonamides is 1. The van der Waals surface area contributed by atoms with E-state index in [1.54, 1.807) is 11.1 Å². The summed E-state index contributed by atoms with van der Waals surface area (Å²) in [6.07, 6.45) is 4.20. The second-order valence-electron chi connectivity index (χ2n) is 5.78. The molecule has 2 aromatic heterocycles. The van der Waals surface area contributed by atoms with Crippen molar-refractivity contribution < 1.29 is 13.2 Å². The first-order chi connectivity index (χ1) is 10.3. The van der Waals surface area contributed by atoms with Crippen LogP contribution in [0.25, 0.3) is 5.65 Å². The maximum Gasteiger partial charge on any atom is 0.274 e. The highest BCUT2D eigenvalue weighted by Crippen LogP contribution is 2.20. The Balaban J connectivity index is 1.78. The first-order valence-corrected chi connectivity index (χ1v) is 8.79. The molecule has 0 saturated carbocycles.